The molecule has 0 saturated carbocycles. The van der Waals surface area contributed by atoms with E-state index in [2.05, 4.69) is 5.32 Å². The average molecular weight is 356 g/mol. The fourth-order valence-electron chi connectivity index (χ4n) is 2.52. The minimum atomic E-state index is -0.486. The number of nitrogens with zero attached hydrogens (tertiary/aromatic N) is 1. The molecule has 3 rings (SSSR count). The number of hydrogen-bond acceptors (Lipinski definition) is 3. The Hall–Kier alpha value is -2.73. The standard InChI is InChI=1S/C19H17FN2O2S/c1-22(11-14-12-25-17-8-3-2-7-16(14)17)18(23)10-21-19(24)13-5-4-6-15(20)9-13/h2-9,12H,10-11H2,1H3,(H,21,24). The molecule has 0 bridgehead atoms. The van der Waals surface area contributed by atoms with E-state index in [1.54, 1.807) is 23.3 Å². The van der Waals surface area contributed by atoms with Gasteiger partial charge in [0.1, 0.15) is 5.82 Å². The van der Waals surface area contributed by atoms with Gasteiger partial charge in [0.2, 0.25) is 5.91 Å². The molecule has 1 N–H and O–H groups in total. The summed E-state index contributed by atoms with van der Waals surface area (Å²) in [5.74, 6) is -1.16. The first-order chi connectivity index (χ1) is 12.0. The van der Waals surface area contributed by atoms with Crippen LogP contribution in [-0.2, 0) is 11.3 Å². The van der Waals surface area contributed by atoms with Gasteiger partial charge < -0.3 is 10.2 Å². The van der Waals surface area contributed by atoms with Crippen LogP contribution in [0.1, 0.15) is 15.9 Å². The van der Waals surface area contributed by atoms with Gasteiger partial charge in [-0.15, -0.1) is 11.3 Å². The van der Waals surface area contributed by atoms with Crippen LogP contribution in [0.4, 0.5) is 4.39 Å². The molecule has 4 nitrogen and oxygen atoms in total. The van der Waals surface area contributed by atoms with Gasteiger partial charge in [-0.2, -0.15) is 0 Å². The first kappa shape index (κ1) is 17.1. The number of thiophene rings is 1. The Morgan fingerprint density at radius 1 is 1.16 bits per heavy atom. The second-order valence-electron chi connectivity index (χ2n) is 5.70. The summed E-state index contributed by atoms with van der Waals surface area (Å²) in [5, 5.41) is 5.71. The lowest BCUT2D eigenvalue weighted by Gasteiger charge is -2.17. The van der Waals surface area contributed by atoms with Crippen LogP contribution in [0, 0.1) is 5.82 Å². The highest BCUT2D eigenvalue weighted by atomic mass is 32.1. The molecule has 0 aliphatic rings. The van der Waals surface area contributed by atoms with Gasteiger partial charge in [0.15, 0.2) is 0 Å². The van der Waals surface area contributed by atoms with Crippen molar-refractivity contribution in [1.29, 1.82) is 0 Å². The lowest BCUT2D eigenvalue weighted by Crippen LogP contribution is -2.37. The molecule has 0 aliphatic carbocycles. The molecule has 128 valence electrons. The fourth-order valence-corrected chi connectivity index (χ4v) is 3.48. The Labute approximate surface area is 148 Å². The van der Waals surface area contributed by atoms with E-state index in [-0.39, 0.29) is 18.0 Å². The maximum atomic E-state index is 13.1. The summed E-state index contributed by atoms with van der Waals surface area (Å²) in [6.07, 6.45) is 0. The normalized spacial score (nSPS) is 10.6. The number of carbonyl (C=O) groups is 2. The van der Waals surface area contributed by atoms with E-state index < -0.39 is 11.7 Å². The van der Waals surface area contributed by atoms with Crippen molar-refractivity contribution >= 4 is 33.2 Å². The Morgan fingerprint density at radius 3 is 2.76 bits per heavy atom. The second kappa shape index (κ2) is 7.44. The van der Waals surface area contributed by atoms with Crippen LogP contribution in [0.25, 0.3) is 10.1 Å². The van der Waals surface area contributed by atoms with Crippen LogP contribution < -0.4 is 5.32 Å². The quantitative estimate of drug-likeness (QED) is 0.761. The summed E-state index contributed by atoms with van der Waals surface area (Å²) in [6, 6.07) is 13.4. The SMILES string of the molecule is CN(Cc1csc2ccccc12)C(=O)CNC(=O)c1cccc(F)c1. The zero-order valence-corrected chi connectivity index (χ0v) is 14.5. The minimum Gasteiger partial charge on any atom is -0.343 e. The second-order valence-corrected chi connectivity index (χ2v) is 6.61. The van der Waals surface area contributed by atoms with Crippen LogP contribution in [0.2, 0.25) is 0 Å². The number of carbonyl (C=O) groups excluding carboxylic acids is 2. The predicted molar refractivity (Wildman–Crippen MR) is 97.0 cm³/mol. The number of rotatable bonds is 5. The summed E-state index contributed by atoms with van der Waals surface area (Å²) < 4.78 is 14.3. The number of fused-ring (bicyclic) bond motifs is 1. The molecule has 0 spiro atoms. The Kier molecular flexibility index (Phi) is 5.09. The van der Waals surface area contributed by atoms with Crippen LogP contribution >= 0.6 is 11.3 Å². The monoisotopic (exact) mass is 356 g/mol. The van der Waals surface area contributed by atoms with Gasteiger partial charge in [-0.25, -0.2) is 4.39 Å². The van der Waals surface area contributed by atoms with Crippen molar-refractivity contribution in [2.45, 2.75) is 6.54 Å². The van der Waals surface area contributed by atoms with Gasteiger partial charge in [-0.1, -0.05) is 24.3 Å². The number of amides is 2. The lowest BCUT2D eigenvalue weighted by atomic mass is 10.1. The van der Waals surface area contributed by atoms with E-state index in [4.69, 9.17) is 0 Å². The summed E-state index contributed by atoms with van der Waals surface area (Å²) in [5.41, 5.74) is 1.27. The van der Waals surface area contributed by atoms with E-state index in [1.807, 2.05) is 29.6 Å². The maximum Gasteiger partial charge on any atom is 0.251 e. The highest BCUT2D eigenvalue weighted by molar-refractivity contribution is 7.17. The smallest absolute Gasteiger partial charge is 0.251 e. The van der Waals surface area contributed by atoms with Crippen molar-refractivity contribution in [2.24, 2.45) is 0 Å². The van der Waals surface area contributed by atoms with E-state index in [0.29, 0.717) is 6.54 Å². The fraction of sp³-hybridized carbons (Fsp3) is 0.158. The molecule has 3 aromatic rings. The molecular formula is C19H17FN2O2S. The van der Waals surface area contributed by atoms with Crippen molar-refractivity contribution in [3.63, 3.8) is 0 Å². The minimum absolute atomic E-state index is 0.131. The van der Waals surface area contributed by atoms with E-state index >= 15 is 0 Å². The van der Waals surface area contributed by atoms with Crippen LogP contribution in [0.15, 0.2) is 53.9 Å². The van der Waals surface area contributed by atoms with Crippen LogP contribution in [0.3, 0.4) is 0 Å². The molecule has 0 fully saturated rings. The molecular weight excluding hydrogens is 339 g/mol. The molecule has 0 radical (unpaired) electrons. The van der Waals surface area contributed by atoms with Gasteiger partial charge in [-0.05, 0) is 40.6 Å². The topological polar surface area (TPSA) is 49.4 Å². The van der Waals surface area contributed by atoms with Gasteiger partial charge in [0, 0.05) is 23.9 Å². The van der Waals surface area contributed by atoms with Gasteiger partial charge >= 0.3 is 0 Å². The van der Waals surface area contributed by atoms with E-state index in [1.165, 1.54) is 22.9 Å². The molecule has 0 unspecified atom stereocenters. The van der Waals surface area contributed by atoms with Crippen LogP contribution in [-0.4, -0.2) is 30.3 Å². The van der Waals surface area contributed by atoms with Crippen molar-refractivity contribution in [3.8, 4) is 0 Å². The molecule has 6 heteroatoms. The molecule has 1 aromatic heterocycles. The van der Waals surface area contributed by atoms with Crippen molar-refractivity contribution < 1.29 is 14.0 Å². The highest BCUT2D eigenvalue weighted by Crippen LogP contribution is 2.26. The van der Waals surface area contributed by atoms with Gasteiger partial charge in [0.25, 0.3) is 5.91 Å². The number of likely N-dealkylation sites (N-methyl/N-ethyl adjacent to an activating group) is 1. The summed E-state index contributed by atoms with van der Waals surface area (Å²) in [4.78, 5) is 25.8. The number of halogens is 1. The molecule has 0 aliphatic heterocycles. The highest BCUT2D eigenvalue weighted by Gasteiger charge is 2.14. The lowest BCUT2D eigenvalue weighted by molar-refractivity contribution is -0.129. The first-order valence-electron chi connectivity index (χ1n) is 7.77. The Bertz CT molecular complexity index is 922. The van der Waals surface area contributed by atoms with Crippen molar-refractivity contribution in [2.75, 3.05) is 13.6 Å². The average Bonchev–Trinajstić information content (AvgIpc) is 3.02. The predicted octanol–water partition coefficient (Wildman–Crippen LogP) is 3.43. The molecule has 25 heavy (non-hydrogen) atoms. The van der Waals surface area contributed by atoms with E-state index in [0.717, 1.165) is 17.0 Å². The number of nitrogens with one attached hydrogen (secondary N) is 1. The zero-order valence-electron chi connectivity index (χ0n) is 13.7. The molecule has 2 amide bonds. The third-order valence-electron chi connectivity index (χ3n) is 3.88. The summed E-state index contributed by atoms with van der Waals surface area (Å²) in [7, 11) is 1.70. The first-order valence-corrected chi connectivity index (χ1v) is 8.65. The van der Waals surface area contributed by atoms with Gasteiger partial charge in [0.05, 0.1) is 6.54 Å². The number of hydrogen-bond donors (Lipinski definition) is 1. The third kappa shape index (κ3) is 4.03. The zero-order chi connectivity index (χ0) is 17.8. The van der Waals surface area contributed by atoms with Gasteiger partial charge in [-0.3, -0.25) is 9.59 Å². The van der Waals surface area contributed by atoms with Crippen molar-refractivity contribution in [1.82, 2.24) is 10.2 Å². The molecule has 1 heterocycles. The van der Waals surface area contributed by atoms with Crippen molar-refractivity contribution in [3.05, 3.63) is 70.9 Å². The molecule has 2 aromatic carbocycles. The maximum absolute atomic E-state index is 13.1. The Balaban J connectivity index is 1.58. The summed E-state index contributed by atoms with van der Waals surface area (Å²) >= 11 is 1.64. The molecule has 0 saturated heterocycles. The largest absolute Gasteiger partial charge is 0.343 e. The molecule has 0 atom stereocenters. The number of benzene rings is 2. The summed E-state index contributed by atoms with van der Waals surface area (Å²) in [6.45, 7) is 0.340. The van der Waals surface area contributed by atoms with E-state index in [9.17, 15) is 14.0 Å². The Morgan fingerprint density at radius 2 is 1.96 bits per heavy atom. The third-order valence-corrected chi connectivity index (χ3v) is 4.89. The van der Waals surface area contributed by atoms with Crippen LogP contribution in [0.5, 0.6) is 0 Å².